The van der Waals surface area contributed by atoms with Crippen molar-refractivity contribution in [1.29, 1.82) is 0 Å². The van der Waals surface area contributed by atoms with Crippen LogP contribution >= 0.6 is 15.9 Å². The van der Waals surface area contributed by atoms with Crippen molar-refractivity contribution in [2.24, 2.45) is 0 Å². The molecule has 2 rings (SSSR count). The number of hydrogen-bond acceptors (Lipinski definition) is 3. The number of nitrogens with zero attached hydrogens (tertiary/aromatic N) is 1. The molecule has 1 aromatic carbocycles. The molecule has 1 amide bonds. The van der Waals surface area contributed by atoms with Crippen molar-refractivity contribution in [1.82, 2.24) is 9.62 Å². The van der Waals surface area contributed by atoms with Crippen LogP contribution in [0.15, 0.2) is 33.6 Å². The van der Waals surface area contributed by atoms with Crippen molar-refractivity contribution >= 4 is 31.9 Å². The van der Waals surface area contributed by atoms with E-state index >= 15 is 0 Å². The molecule has 0 unspecified atom stereocenters. The minimum absolute atomic E-state index is 0.121. The van der Waals surface area contributed by atoms with Gasteiger partial charge in [-0.2, -0.15) is 4.31 Å². The smallest absolute Gasteiger partial charge is 0.244 e. The van der Waals surface area contributed by atoms with Crippen LogP contribution in [0.3, 0.4) is 0 Å². The first kappa shape index (κ1) is 12.5. The zero-order valence-corrected chi connectivity index (χ0v) is 11.3. The quantitative estimate of drug-likeness (QED) is 0.867. The van der Waals surface area contributed by atoms with Crippen LogP contribution in [0.5, 0.6) is 0 Å². The topological polar surface area (TPSA) is 66.5 Å². The summed E-state index contributed by atoms with van der Waals surface area (Å²) in [6, 6.07) is 6.58. The van der Waals surface area contributed by atoms with Gasteiger partial charge in [0.05, 0.1) is 11.4 Å². The standard InChI is InChI=1S/C10H11BrN2O3S/c11-8-3-1-2-4-9(8)17(15,16)13-6-5-12-10(14)7-13/h1-4H,5-7H2,(H,12,14). The van der Waals surface area contributed by atoms with Gasteiger partial charge in [-0.1, -0.05) is 12.1 Å². The van der Waals surface area contributed by atoms with Crippen molar-refractivity contribution in [3.8, 4) is 0 Å². The Morgan fingerprint density at radius 3 is 2.65 bits per heavy atom. The van der Waals surface area contributed by atoms with Crippen molar-refractivity contribution < 1.29 is 13.2 Å². The summed E-state index contributed by atoms with van der Waals surface area (Å²) in [5.41, 5.74) is 0. The van der Waals surface area contributed by atoms with Gasteiger partial charge in [0.1, 0.15) is 0 Å². The minimum atomic E-state index is -3.60. The molecule has 0 aromatic heterocycles. The molecule has 1 fully saturated rings. The van der Waals surface area contributed by atoms with Crippen molar-refractivity contribution in [2.75, 3.05) is 19.6 Å². The highest BCUT2D eigenvalue weighted by molar-refractivity contribution is 9.10. The van der Waals surface area contributed by atoms with Crippen LogP contribution in [0.2, 0.25) is 0 Å². The van der Waals surface area contributed by atoms with E-state index in [1.54, 1.807) is 18.2 Å². The summed E-state index contributed by atoms with van der Waals surface area (Å²) in [6.07, 6.45) is 0. The molecule has 1 N–H and O–H groups in total. The molecule has 17 heavy (non-hydrogen) atoms. The fraction of sp³-hybridized carbons (Fsp3) is 0.300. The fourth-order valence-corrected chi connectivity index (χ4v) is 3.97. The second-order valence-electron chi connectivity index (χ2n) is 3.62. The lowest BCUT2D eigenvalue weighted by Gasteiger charge is -2.26. The van der Waals surface area contributed by atoms with Crippen molar-refractivity contribution in [3.63, 3.8) is 0 Å². The summed E-state index contributed by atoms with van der Waals surface area (Å²) >= 11 is 3.21. The molecule has 0 radical (unpaired) electrons. The first-order chi connectivity index (χ1) is 8.01. The van der Waals surface area contributed by atoms with Gasteiger partial charge in [0, 0.05) is 17.6 Å². The number of carbonyl (C=O) groups is 1. The Labute approximate surface area is 108 Å². The van der Waals surface area contributed by atoms with Gasteiger partial charge in [-0.25, -0.2) is 8.42 Å². The average Bonchev–Trinajstić information content (AvgIpc) is 2.29. The maximum absolute atomic E-state index is 12.3. The molecule has 1 aromatic rings. The molecule has 5 nitrogen and oxygen atoms in total. The maximum Gasteiger partial charge on any atom is 0.244 e. The number of benzene rings is 1. The summed E-state index contributed by atoms with van der Waals surface area (Å²) in [5, 5.41) is 2.59. The first-order valence-corrected chi connectivity index (χ1v) is 7.26. The number of rotatable bonds is 2. The Morgan fingerprint density at radius 1 is 1.29 bits per heavy atom. The average molecular weight is 319 g/mol. The van der Waals surface area contributed by atoms with E-state index < -0.39 is 10.0 Å². The molecule has 1 aliphatic heterocycles. The molecule has 7 heteroatoms. The van der Waals surface area contributed by atoms with Gasteiger partial charge in [0.25, 0.3) is 0 Å². The Hall–Kier alpha value is -0.920. The minimum Gasteiger partial charge on any atom is -0.354 e. The normalized spacial score (nSPS) is 17.8. The second kappa shape index (κ2) is 4.75. The Kier molecular flexibility index (Phi) is 3.50. The van der Waals surface area contributed by atoms with Gasteiger partial charge < -0.3 is 5.32 Å². The first-order valence-electron chi connectivity index (χ1n) is 5.03. The van der Waals surface area contributed by atoms with Crippen molar-refractivity contribution in [2.45, 2.75) is 4.90 Å². The molecule has 0 saturated carbocycles. The Bertz CT molecular complexity index is 544. The van der Waals surface area contributed by atoms with E-state index in [9.17, 15) is 13.2 Å². The zero-order chi connectivity index (χ0) is 12.5. The molecule has 0 bridgehead atoms. The molecule has 1 heterocycles. The van der Waals surface area contributed by atoms with Crippen LogP contribution in [-0.4, -0.2) is 38.3 Å². The van der Waals surface area contributed by atoms with E-state index in [1.165, 1.54) is 10.4 Å². The van der Waals surface area contributed by atoms with Crippen LogP contribution in [0.1, 0.15) is 0 Å². The van der Waals surface area contributed by atoms with E-state index in [0.29, 0.717) is 17.6 Å². The van der Waals surface area contributed by atoms with E-state index in [0.717, 1.165) is 0 Å². The highest BCUT2D eigenvalue weighted by Crippen LogP contribution is 2.24. The third-order valence-electron chi connectivity index (χ3n) is 2.46. The van der Waals surface area contributed by atoms with Crippen LogP contribution in [0, 0.1) is 0 Å². The summed E-state index contributed by atoms with van der Waals surface area (Å²) in [5.74, 6) is -0.271. The van der Waals surface area contributed by atoms with Crippen molar-refractivity contribution in [3.05, 3.63) is 28.7 Å². The highest BCUT2D eigenvalue weighted by Gasteiger charge is 2.30. The van der Waals surface area contributed by atoms with E-state index in [2.05, 4.69) is 21.2 Å². The SMILES string of the molecule is O=C1CN(S(=O)(=O)c2ccccc2Br)CCN1. The summed E-state index contributed by atoms with van der Waals surface area (Å²) < 4.78 is 26.2. The third kappa shape index (κ3) is 2.51. The fourth-order valence-electron chi connectivity index (χ4n) is 1.61. The van der Waals surface area contributed by atoms with E-state index in [4.69, 9.17) is 0 Å². The van der Waals surface area contributed by atoms with Gasteiger partial charge in [0.2, 0.25) is 15.9 Å². The molecular formula is C10H11BrN2O3S. The number of sulfonamides is 1. The Morgan fingerprint density at radius 2 is 2.00 bits per heavy atom. The predicted molar refractivity (Wildman–Crippen MR) is 65.9 cm³/mol. The van der Waals surface area contributed by atoms with Crippen LogP contribution in [-0.2, 0) is 14.8 Å². The van der Waals surface area contributed by atoms with Crippen LogP contribution in [0.25, 0.3) is 0 Å². The van der Waals surface area contributed by atoms with Gasteiger partial charge in [0.15, 0.2) is 0 Å². The summed E-state index contributed by atoms with van der Waals surface area (Å²) in [4.78, 5) is 11.4. The molecular weight excluding hydrogens is 308 g/mol. The molecule has 0 atom stereocenters. The molecule has 1 aliphatic rings. The Balaban J connectivity index is 2.36. The predicted octanol–water partition coefficient (Wildman–Crippen LogP) is 0.570. The largest absolute Gasteiger partial charge is 0.354 e. The number of carbonyl (C=O) groups excluding carboxylic acids is 1. The second-order valence-corrected chi connectivity index (χ2v) is 6.38. The third-order valence-corrected chi connectivity index (χ3v) is 5.32. The monoisotopic (exact) mass is 318 g/mol. The van der Waals surface area contributed by atoms with Gasteiger partial charge in [-0.15, -0.1) is 0 Å². The molecule has 92 valence electrons. The van der Waals surface area contributed by atoms with E-state index in [1.807, 2.05) is 0 Å². The highest BCUT2D eigenvalue weighted by atomic mass is 79.9. The number of piperazine rings is 1. The summed E-state index contributed by atoms with van der Waals surface area (Å²) in [7, 11) is -3.60. The van der Waals surface area contributed by atoms with Gasteiger partial charge in [-0.05, 0) is 28.1 Å². The maximum atomic E-state index is 12.3. The lowest BCUT2D eigenvalue weighted by Crippen LogP contribution is -2.49. The molecule has 1 saturated heterocycles. The number of halogens is 1. The summed E-state index contributed by atoms with van der Waals surface area (Å²) in [6.45, 7) is 0.529. The van der Waals surface area contributed by atoms with Gasteiger partial charge >= 0.3 is 0 Å². The van der Waals surface area contributed by atoms with Crippen LogP contribution in [0.4, 0.5) is 0 Å². The molecule has 0 aliphatic carbocycles. The lowest BCUT2D eigenvalue weighted by atomic mass is 10.4. The number of amides is 1. The van der Waals surface area contributed by atoms with Crippen LogP contribution < -0.4 is 5.32 Å². The molecule has 0 spiro atoms. The lowest BCUT2D eigenvalue weighted by molar-refractivity contribution is -0.122. The number of nitrogens with one attached hydrogen (secondary N) is 1. The zero-order valence-electron chi connectivity index (χ0n) is 8.89. The van der Waals surface area contributed by atoms with Gasteiger partial charge in [-0.3, -0.25) is 4.79 Å². The van der Waals surface area contributed by atoms with E-state index in [-0.39, 0.29) is 17.3 Å². The number of hydrogen-bond donors (Lipinski definition) is 1.